The van der Waals surface area contributed by atoms with Crippen LogP contribution in [-0.4, -0.2) is 34.4 Å². The first kappa shape index (κ1) is 13.6. The molecule has 0 aliphatic carbocycles. The molecule has 0 aromatic heterocycles. The number of aliphatic hydroxyl groups is 1. The lowest BCUT2D eigenvalue weighted by Gasteiger charge is -2.11. The van der Waals surface area contributed by atoms with Crippen LogP contribution in [0.2, 0.25) is 5.02 Å². The van der Waals surface area contributed by atoms with Crippen molar-refractivity contribution in [2.45, 2.75) is 6.10 Å². The summed E-state index contributed by atoms with van der Waals surface area (Å²) in [5, 5.41) is 13.5. The molecule has 0 amide bonds. The van der Waals surface area contributed by atoms with Crippen LogP contribution >= 0.6 is 11.6 Å². The monoisotopic (exact) mass is 261 g/mol. The van der Waals surface area contributed by atoms with E-state index >= 15 is 0 Å². The molecule has 2 unspecified atom stereocenters. The summed E-state index contributed by atoms with van der Waals surface area (Å²) in [5.74, 6) is 0.605. The van der Waals surface area contributed by atoms with Crippen LogP contribution in [0.4, 0.5) is 0 Å². The highest BCUT2D eigenvalue weighted by Gasteiger charge is 2.06. The Morgan fingerprint density at radius 1 is 1.44 bits per heavy atom. The van der Waals surface area contributed by atoms with Gasteiger partial charge < -0.3 is 10.4 Å². The van der Waals surface area contributed by atoms with Crippen LogP contribution in [0.3, 0.4) is 0 Å². The zero-order chi connectivity index (χ0) is 12.0. The minimum absolute atomic E-state index is 0.457. The molecular weight excluding hydrogens is 246 g/mol. The topological polar surface area (TPSA) is 49.3 Å². The summed E-state index contributed by atoms with van der Waals surface area (Å²) in [4.78, 5) is 0. The van der Waals surface area contributed by atoms with Gasteiger partial charge in [-0.25, -0.2) is 0 Å². The summed E-state index contributed by atoms with van der Waals surface area (Å²) >= 11 is 5.75. The lowest BCUT2D eigenvalue weighted by molar-refractivity contribution is 0.175. The van der Waals surface area contributed by atoms with Gasteiger partial charge in [0.15, 0.2) is 0 Å². The number of hydrogen-bond donors (Lipinski definition) is 2. The van der Waals surface area contributed by atoms with E-state index in [4.69, 9.17) is 11.6 Å². The summed E-state index contributed by atoms with van der Waals surface area (Å²) in [6.07, 6.45) is 1.11. The van der Waals surface area contributed by atoms with Gasteiger partial charge in [0.2, 0.25) is 0 Å². The molecule has 5 heteroatoms. The first-order chi connectivity index (χ1) is 7.59. The van der Waals surface area contributed by atoms with Gasteiger partial charge in [0, 0.05) is 40.9 Å². The fourth-order valence-electron chi connectivity index (χ4n) is 1.26. The molecule has 0 fully saturated rings. The number of nitrogens with one attached hydrogen (secondary N) is 1. The van der Waals surface area contributed by atoms with Gasteiger partial charge in [0.1, 0.15) is 0 Å². The molecule has 0 saturated heterocycles. The fourth-order valence-corrected chi connectivity index (χ4v) is 1.82. The minimum Gasteiger partial charge on any atom is -0.387 e. The van der Waals surface area contributed by atoms with Crippen LogP contribution in [-0.2, 0) is 10.8 Å². The Hall–Kier alpha value is -0.420. The molecule has 2 N–H and O–H groups in total. The van der Waals surface area contributed by atoms with Crippen molar-refractivity contribution in [3.05, 3.63) is 34.9 Å². The lowest BCUT2D eigenvalue weighted by Crippen LogP contribution is -2.25. The number of benzene rings is 1. The molecule has 0 aliphatic heterocycles. The average Bonchev–Trinajstić information content (AvgIpc) is 2.25. The van der Waals surface area contributed by atoms with E-state index in [-0.39, 0.29) is 0 Å². The highest BCUT2D eigenvalue weighted by atomic mass is 35.5. The summed E-state index contributed by atoms with van der Waals surface area (Å²) < 4.78 is 10.8. The second-order valence-electron chi connectivity index (χ2n) is 3.55. The average molecular weight is 262 g/mol. The molecule has 0 heterocycles. The number of rotatable bonds is 6. The molecule has 3 nitrogen and oxygen atoms in total. The van der Waals surface area contributed by atoms with E-state index in [0.29, 0.717) is 23.9 Å². The molecule has 1 aromatic carbocycles. The molecule has 2 atom stereocenters. The molecule has 90 valence electrons. The van der Waals surface area contributed by atoms with Crippen LogP contribution < -0.4 is 5.32 Å². The van der Waals surface area contributed by atoms with Gasteiger partial charge in [0.25, 0.3) is 0 Å². The SMILES string of the molecule is CS(=O)CCNCC(O)c1ccc(Cl)cc1. The normalized spacial score (nSPS) is 14.7. The maximum atomic E-state index is 10.8. The Balaban J connectivity index is 2.32. The van der Waals surface area contributed by atoms with Crippen LogP contribution in [0.5, 0.6) is 0 Å². The van der Waals surface area contributed by atoms with E-state index in [1.54, 1.807) is 30.5 Å². The molecule has 0 aliphatic rings. The van der Waals surface area contributed by atoms with E-state index in [9.17, 15) is 9.32 Å². The molecule has 0 spiro atoms. The van der Waals surface area contributed by atoms with Crippen molar-refractivity contribution in [2.24, 2.45) is 0 Å². The Bertz CT molecular complexity index is 342. The summed E-state index contributed by atoms with van der Waals surface area (Å²) in [6, 6.07) is 7.10. The van der Waals surface area contributed by atoms with Crippen molar-refractivity contribution in [3.8, 4) is 0 Å². The largest absolute Gasteiger partial charge is 0.387 e. The number of aliphatic hydroxyl groups excluding tert-OH is 1. The Morgan fingerprint density at radius 2 is 2.06 bits per heavy atom. The van der Waals surface area contributed by atoms with Crippen LogP contribution in [0, 0.1) is 0 Å². The molecular formula is C11H16ClNO2S. The van der Waals surface area contributed by atoms with Gasteiger partial charge in [-0.2, -0.15) is 0 Å². The molecule has 0 bridgehead atoms. The maximum Gasteiger partial charge on any atom is 0.0914 e. The highest BCUT2D eigenvalue weighted by Crippen LogP contribution is 2.15. The van der Waals surface area contributed by atoms with E-state index < -0.39 is 16.9 Å². The molecule has 16 heavy (non-hydrogen) atoms. The molecule has 0 radical (unpaired) electrons. The van der Waals surface area contributed by atoms with Crippen LogP contribution in [0.1, 0.15) is 11.7 Å². The molecule has 0 saturated carbocycles. The van der Waals surface area contributed by atoms with Gasteiger partial charge in [-0.05, 0) is 17.7 Å². The third-order valence-corrected chi connectivity index (χ3v) is 3.19. The van der Waals surface area contributed by atoms with Gasteiger partial charge in [-0.1, -0.05) is 23.7 Å². The molecule has 1 aromatic rings. The number of hydrogen-bond acceptors (Lipinski definition) is 3. The van der Waals surface area contributed by atoms with Crippen molar-refractivity contribution < 1.29 is 9.32 Å². The zero-order valence-electron chi connectivity index (χ0n) is 9.15. The molecule has 1 rings (SSSR count). The van der Waals surface area contributed by atoms with Crippen molar-refractivity contribution in [1.29, 1.82) is 0 Å². The standard InChI is InChI=1S/C11H16ClNO2S/c1-16(15)7-6-13-8-11(14)9-2-4-10(12)5-3-9/h2-5,11,13-14H,6-8H2,1H3. The van der Waals surface area contributed by atoms with Crippen molar-refractivity contribution >= 4 is 22.4 Å². The van der Waals surface area contributed by atoms with Crippen molar-refractivity contribution in [3.63, 3.8) is 0 Å². The Morgan fingerprint density at radius 3 is 2.62 bits per heavy atom. The van der Waals surface area contributed by atoms with E-state index in [2.05, 4.69) is 5.32 Å². The first-order valence-electron chi connectivity index (χ1n) is 5.04. The summed E-state index contributed by atoms with van der Waals surface area (Å²) in [6.45, 7) is 1.10. The van der Waals surface area contributed by atoms with E-state index in [0.717, 1.165) is 5.56 Å². The quantitative estimate of drug-likeness (QED) is 0.760. The third-order valence-electron chi connectivity index (χ3n) is 2.16. The van der Waals surface area contributed by atoms with Gasteiger partial charge in [-0.15, -0.1) is 0 Å². The second-order valence-corrected chi connectivity index (χ2v) is 5.54. The predicted molar refractivity (Wildman–Crippen MR) is 68.2 cm³/mol. The maximum absolute atomic E-state index is 10.8. The van der Waals surface area contributed by atoms with Crippen LogP contribution in [0.25, 0.3) is 0 Å². The highest BCUT2D eigenvalue weighted by molar-refractivity contribution is 7.84. The van der Waals surface area contributed by atoms with Gasteiger partial charge >= 0.3 is 0 Å². The predicted octanol–water partition coefficient (Wildman–Crippen LogP) is 1.34. The van der Waals surface area contributed by atoms with Crippen LogP contribution in [0.15, 0.2) is 24.3 Å². The summed E-state index contributed by atoms with van der Waals surface area (Å²) in [7, 11) is -0.789. The fraction of sp³-hybridized carbons (Fsp3) is 0.455. The zero-order valence-corrected chi connectivity index (χ0v) is 10.7. The lowest BCUT2D eigenvalue weighted by atomic mass is 10.1. The first-order valence-corrected chi connectivity index (χ1v) is 7.14. The van der Waals surface area contributed by atoms with Gasteiger partial charge in [-0.3, -0.25) is 4.21 Å². The minimum atomic E-state index is -0.789. The second kappa shape index (κ2) is 7.01. The van der Waals surface area contributed by atoms with Gasteiger partial charge in [0.05, 0.1) is 6.10 Å². The number of halogens is 1. The third kappa shape index (κ3) is 5.07. The van der Waals surface area contributed by atoms with Crippen molar-refractivity contribution in [2.75, 3.05) is 25.1 Å². The summed E-state index contributed by atoms with van der Waals surface area (Å²) in [5.41, 5.74) is 0.828. The Labute approximate surface area is 103 Å². The van der Waals surface area contributed by atoms with Crippen molar-refractivity contribution in [1.82, 2.24) is 5.32 Å². The van der Waals surface area contributed by atoms with E-state index in [1.165, 1.54) is 0 Å². The smallest absolute Gasteiger partial charge is 0.0914 e. The Kier molecular flexibility index (Phi) is 5.98. The van der Waals surface area contributed by atoms with E-state index in [1.807, 2.05) is 0 Å².